The van der Waals surface area contributed by atoms with Crippen LogP contribution >= 0.6 is 0 Å². The van der Waals surface area contributed by atoms with Crippen LogP contribution in [0.1, 0.15) is 18.5 Å². The summed E-state index contributed by atoms with van der Waals surface area (Å²) in [6, 6.07) is 8.05. The second-order valence-electron chi connectivity index (χ2n) is 5.61. The van der Waals surface area contributed by atoms with Crippen LogP contribution in [0.3, 0.4) is 0 Å². The second-order valence-corrected chi connectivity index (χ2v) is 5.61. The standard InChI is InChI=1S/C15H16F2N4O2/c16-15(17)6-7-20(13(8-15)14(22)23)10-12-9-18-19-21(12)11-4-2-1-3-5-11/h1-5,9,13H,6-8,10H2,(H,22,23). The molecule has 0 saturated carbocycles. The van der Waals surface area contributed by atoms with E-state index in [4.69, 9.17) is 0 Å². The van der Waals surface area contributed by atoms with Crippen molar-refractivity contribution in [1.82, 2.24) is 19.9 Å². The van der Waals surface area contributed by atoms with Crippen LogP contribution in [0, 0.1) is 0 Å². The van der Waals surface area contributed by atoms with Gasteiger partial charge in [-0.25, -0.2) is 13.5 Å². The Bertz CT molecular complexity index is 690. The van der Waals surface area contributed by atoms with Gasteiger partial charge in [-0.3, -0.25) is 9.69 Å². The molecule has 1 aliphatic rings. The van der Waals surface area contributed by atoms with Gasteiger partial charge in [0.15, 0.2) is 0 Å². The maximum atomic E-state index is 13.5. The van der Waals surface area contributed by atoms with Gasteiger partial charge in [-0.2, -0.15) is 0 Å². The molecule has 2 aromatic rings. The van der Waals surface area contributed by atoms with E-state index in [1.807, 2.05) is 30.3 Å². The Morgan fingerprint density at radius 2 is 2.09 bits per heavy atom. The summed E-state index contributed by atoms with van der Waals surface area (Å²) in [5.41, 5.74) is 1.45. The monoisotopic (exact) mass is 322 g/mol. The van der Waals surface area contributed by atoms with Crippen molar-refractivity contribution in [3.8, 4) is 5.69 Å². The van der Waals surface area contributed by atoms with E-state index >= 15 is 0 Å². The molecule has 3 rings (SSSR count). The summed E-state index contributed by atoms with van der Waals surface area (Å²) in [5.74, 6) is -4.17. The topological polar surface area (TPSA) is 71.2 Å². The third-order valence-corrected chi connectivity index (χ3v) is 3.97. The molecule has 0 spiro atoms. The number of halogens is 2. The largest absolute Gasteiger partial charge is 0.480 e. The van der Waals surface area contributed by atoms with Gasteiger partial charge in [0.2, 0.25) is 0 Å². The molecule has 1 unspecified atom stereocenters. The summed E-state index contributed by atoms with van der Waals surface area (Å²) < 4.78 is 28.6. The van der Waals surface area contributed by atoms with E-state index in [2.05, 4.69) is 10.3 Å². The number of carboxylic acid groups (broad SMARTS) is 1. The van der Waals surface area contributed by atoms with Gasteiger partial charge in [0.1, 0.15) is 6.04 Å². The minimum atomic E-state index is -2.93. The highest BCUT2D eigenvalue weighted by Crippen LogP contribution is 2.32. The van der Waals surface area contributed by atoms with Crippen LogP contribution in [0.15, 0.2) is 36.5 Å². The van der Waals surface area contributed by atoms with Crippen LogP contribution in [0.5, 0.6) is 0 Å². The van der Waals surface area contributed by atoms with Crippen molar-refractivity contribution in [3.05, 3.63) is 42.2 Å². The zero-order chi connectivity index (χ0) is 16.4. The summed E-state index contributed by atoms with van der Waals surface area (Å²) >= 11 is 0. The lowest BCUT2D eigenvalue weighted by molar-refractivity contribution is -0.154. The van der Waals surface area contributed by atoms with E-state index in [1.54, 1.807) is 4.68 Å². The Hall–Kier alpha value is -2.35. The first-order valence-corrected chi connectivity index (χ1v) is 7.26. The highest BCUT2D eigenvalue weighted by molar-refractivity contribution is 5.73. The highest BCUT2D eigenvalue weighted by atomic mass is 19.3. The fraction of sp³-hybridized carbons (Fsp3) is 0.400. The zero-order valence-corrected chi connectivity index (χ0v) is 12.3. The number of nitrogens with zero attached hydrogens (tertiary/aromatic N) is 4. The normalized spacial score (nSPS) is 21.2. The smallest absolute Gasteiger partial charge is 0.321 e. The maximum Gasteiger partial charge on any atom is 0.321 e. The van der Waals surface area contributed by atoms with Crippen molar-refractivity contribution in [2.45, 2.75) is 31.4 Å². The third-order valence-electron chi connectivity index (χ3n) is 3.97. The number of hydrogen-bond acceptors (Lipinski definition) is 4. The van der Waals surface area contributed by atoms with Crippen molar-refractivity contribution in [2.24, 2.45) is 0 Å². The van der Waals surface area contributed by atoms with Crippen molar-refractivity contribution in [3.63, 3.8) is 0 Å². The molecule has 122 valence electrons. The quantitative estimate of drug-likeness (QED) is 0.931. The Kier molecular flexibility index (Phi) is 4.08. The summed E-state index contributed by atoms with van der Waals surface area (Å²) in [6.45, 7) is 0.221. The zero-order valence-electron chi connectivity index (χ0n) is 12.3. The maximum absolute atomic E-state index is 13.5. The summed E-state index contributed by atoms with van der Waals surface area (Å²) in [6.07, 6.45) is 0.511. The predicted molar refractivity (Wildman–Crippen MR) is 77.4 cm³/mol. The van der Waals surface area contributed by atoms with E-state index in [1.165, 1.54) is 11.1 Å². The molecule has 0 bridgehead atoms. The number of aromatic nitrogens is 3. The Balaban J connectivity index is 1.82. The van der Waals surface area contributed by atoms with Crippen LogP contribution in [0.2, 0.25) is 0 Å². The lowest BCUT2D eigenvalue weighted by atomic mass is 9.98. The molecule has 1 N–H and O–H groups in total. The molecule has 1 atom stereocenters. The van der Waals surface area contributed by atoms with E-state index in [0.29, 0.717) is 5.69 Å². The first-order chi connectivity index (χ1) is 11.0. The van der Waals surface area contributed by atoms with Crippen LogP contribution in [0.4, 0.5) is 8.78 Å². The van der Waals surface area contributed by atoms with E-state index in [0.717, 1.165) is 5.69 Å². The predicted octanol–water partition coefficient (Wildman–Crippen LogP) is 1.95. The van der Waals surface area contributed by atoms with Crippen molar-refractivity contribution >= 4 is 5.97 Å². The molecule has 8 heteroatoms. The fourth-order valence-corrected chi connectivity index (χ4v) is 2.77. The summed E-state index contributed by atoms with van der Waals surface area (Å²) in [7, 11) is 0. The average Bonchev–Trinajstić information content (AvgIpc) is 2.98. The van der Waals surface area contributed by atoms with Crippen molar-refractivity contribution in [2.75, 3.05) is 6.54 Å². The lowest BCUT2D eigenvalue weighted by Gasteiger charge is -2.36. The molecule has 2 heterocycles. The van der Waals surface area contributed by atoms with Gasteiger partial charge in [-0.05, 0) is 12.1 Å². The molecule has 6 nitrogen and oxygen atoms in total. The van der Waals surface area contributed by atoms with Gasteiger partial charge in [0.05, 0.1) is 17.6 Å². The Labute approximate surface area is 131 Å². The van der Waals surface area contributed by atoms with Gasteiger partial charge >= 0.3 is 5.97 Å². The van der Waals surface area contributed by atoms with Gasteiger partial charge < -0.3 is 5.11 Å². The number of aliphatic carboxylic acids is 1. The molecule has 1 aliphatic heterocycles. The third kappa shape index (κ3) is 3.37. The molecular formula is C15H16F2N4O2. The number of carbonyl (C=O) groups is 1. The molecule has 1 aromatic carbocycles. The minimum absolute atomic E-state index is 0.0178. The molecule has 0 amide bonds. The first kappa shape index (κ1) is 15.5. The average molecular weight is 322 g/mol. The molecule has 1 fully saturated rings. The number of rotatable bonds is 4. The molecule has 1 aromatic heterocycles. The molecule has 23 heavy (non-hydrogen) atoms. The Morgan fingerprint density at radius 3 is 2.78 bits per heavy atom. The number of carboxylic acids is 1. The first-order valence-electron chi connectivity index (χ1n) is 7.26. The molecular weight excluding hydrogens is 306 g/mol. The number of likely N-dealkylation sites (tertiary alicyclic amines) is 1. The molecule has 0 radical (unpaired) electrons. The number of benzene rings is 1. The van der Waals surface area contributed by atoms with Crippen molar-refractivity contribution in [1.29, 1.82) is 0 Å². The van der Waals surface area contributed by atoms with Gasteiger partial charge in [0, 0.05) is 25.9 Å². The summed E-state index contributed by atoms with van der Waals surface area (Å²) in [5, 5.41) is 17.1. The van der Waals surface area contributed by atoms with Gasteiger partial charge in [0.25, 0.3) is 5.92 Å². The number of alkyl halides is 2. The van der Waals surface area contributed by atoms with Gasteiger partial charge in [-0.15, -0.1) is 5.10 Å². The van der Waals surface area contributed by atoms with E-state index in [-0.39, 0.29) is 19.5 Å². The summed E-state index contributed by atoms with van der Waals surface area (Å²) in [4.78, 5) is 12.9. The Morgan fingerprint density at radius 1 is 1.35 bits per heavy atom. The highest BCUT2D eigenvalue weighted by Gasteiger charge is 2.43. The molecule has 0 aliphatic carbocycles. The fourth-order valence-electron chi connectivity index (χ4n) is 2.77. The SMILES string of the molecule is O=C(O)C1CC(F)(F)CCN1Cc1cnnn1-c1ccccc1. The van der Waals surface area contributed by atoms with Crippen LogP contribution in [-0.2, 0) is 11.3 Å². The van der Waals surface area contributed by atoms with Crippen LogP contribution < -0.4 is 0 Å². The number of para-hydroxylation sites is 1. The second kappa shape index (κ2) is 6.04. The van der Waals surface area contributed by atoms with Crippen LogP contribution in [0.25, 0.3) is 5.69 Å². The van der Waals surface area contributed by atoms with Crippen LogP contribution in [-0.4, -0.2) is 49.5 Å². The molecule has 1 saturated heterocycles. The van der Waals surface area contributed by atoms with E-state index in [9.17, 15) is 18.7 Å². The lowest BCUT2D eigenvalue weighted by Crippen LogP contribution is -2.50. The van der Waals surface area contributed by atoms with Gasteiger partial charge in [-0.1, -0.05) is 23.4 Å². The number of hydrogen-bond donors (Lipinski definition) is 1. The number of piperidine rings is 1. The van der Waals surface area contributed by atoms with Crippen molar-refractivity contribution < 1.29 is 18.7 Å². The minimum Gasteiger partial charge on any atom is -0.480 e. The van der Waals surface area contributed by atoms with E-state index < -0.39 is 24.4 Å².